The molecule has 1 atom stereocenters. The number of rotatable bonds is 5. The molecule has 0 saturated heterocycles. The number of hydrazine groups is 1. The van der Waals surface area contributed by atoms with Gasteiger partial charge in [0.25, 0.3) is 0 Å². The van der Waals surface area contributed by atoms with Crippen molar-refractivity contribution < 1.29 is 4.74 Å². The molecule has 0 saturated carbocycles. The van der Waals surface area contributed by atoms with Crippen LogP contribution in [-0.2, 0) is 6.42 Å². The Kier molecular flexibility index (Phi) is 5.39. The van der Waals surface area contributed by atoms with Gasteiger partial charge in [0.05, 0.1) is 13.2 Å². The first-order valence-corrected chi connectivity index (χ1v) is 7.70. The average Bonchev–Trinajstić information content (AvgIpc) is 2.49. The molecular formula is C17H21BrN2O. The minimum absolute atomic E-state index is 0.0143. The normalized spacial score (nSPS) is 12.2. The molecule has 0 amide bonds. The number of hydrogen-bond donors (Lipinski definition) is 2. The van der Waals surface area contributed by atoms with Crippen LogP contribution in [0.1, 0.15) is 28.3 Å². The molecule has 3 N–H and O–H groups in total. The number of halogens is 1. The monoisotopic (exact) mass is 348 g/mol. The Morgan fingerprint density at radius 2 is 1.81 bits per heavy atom. The maximum absolute atomic E-state index is 5.78. The van der Waals surface area contributed by atoms with Gasteiger partial charge in [-0.2, -0.15) is 0 Å². The Morgan fingerprint density at radius 3 is 2.38 bits per heavy atom. The first-order chi connectivity index (χ1) is 10.1. The van der Waals surface area contributed by atoms with E-state index in [9.17, 15) is 0 Å². The van der Waals surface area contributed by atoms with Gasteiger partial charge in [-0.1, -0.05) is 40.2 Å². The van der Waals surface area contributed by atoms with Gasteiger partial charge in [0.15, 0.2) is 0 Å². The maximum atomic E-state index is 5.78. The van der Waals surface area contributed by atoms with Crippen LogP contribution >= 0.6 is 15.9 Å². The first kappa shape index (κ1) is 16.0. The molecule has 2 aromatic carbocycles. The third-order valence-corrected chi connectivity index (χ3v) is 4.37. The highest BCUT2D eigenvalue weighted by molar-refractivity contribution is 9.10. The van der Waals surface area contributed by atoms with Gasteiger partial charge in [0, 0.05) is 10.0 Å². The molecule has 0 radical (unpaired) electrons. The van der Waals surface area contributed by atoms with E-state index in [0.29, 0.717) is 0 Å². The van der Waals surface area contributed by atoms with Crippen molar-refractivity contribution in [3.8, 4) is 5.75 Å². The number of methoxy groups -OCH3 is 1. The summed E-state index contributed by atoms with van der Waals surface area (Å²) < 4.78 is 6.67. The number of nitrogens with two attached hydrogens (primary N) is 1. The predicted octanol–water partition coefficient (Wildman–Crippen LogP) is 3.82. The third kappa shape index (κ3) is 3.64. The minimum Gasteiger partial charge on any atom is -0.496 e. The SMILES string of the molecule is COc1c(C(Cc2ccc(Br)cc2)NN)ccc(C)c1C. The van der Waals surface area contributed by atoms with E-state index in [0.717, 1.165) is 27.8 Å². The molecule has 1 unspecified atom stereocenters. The summed E-state index contributed by atoms with van der Waals surface area (Å²) in [4.78, 5) is 0. The van der Waals surface area contributed by atoms with Crippen molar-refractivity contribution in [2.24, 2.45) is 5.84 Å². The van der Waals surface area contributed by atoms with E-state index in [1.165, 1.54) is 11.1 Å². The standard InChI is InChI=1S/C17H21BrN2O/c1-11-4-9-15(17(21-3)12(11)2)16(20-19)10-13-5-7-14(18)8-6-13/h4-9,16,20H,10,19H2,1-3H3. The Morgan fingerprint density at radius 1 is 1.14 bits per heavy atom. The van der Waals surface area contributed by atoms with Crippen LogP contribution in [0.3, 0.4) is 0 Å². The van der Waals surface area contributed by atoms with Gasteiger partial charge in [-0.25, -0.2) is 0 Å². The van der Waals surface area contributed by atoms with Gasteiger partial charge >= 0.3 is 0 Å². The topological polar surface area (TPSA) is 47.3 Å². The van der Waals surface area contributed by atoms with Crippen LogP contribution in [0.4, 0.5) is 0 Å². The van der Waals surface area contributed by atoms with Gasteiger partial charge in [0.2, 0.25) is 0 Å². The first-order valence-electron chi connectivity index (χ1n) is 6.91. The highest BCUT2D eigenvalue weighted by Crippen LogP contribution is 2.32. The summed E-state index contributed by atoms with van der Waals surface area (Å²) in [7, 11) is 1.71. The molecule has 0 fully saturated rings. The smallest absolute Gasteiger partial charge is 0.126 e. The van der Waals surface area contributed by atoms with Crippen molar-refractivity contribution in [1.29, 1.82) is 0 Å². The Hall–Kier alpha value is -1.36. The summed E-state index contributed by atoms with van der Waals surface area (Å²) in [6.07, 6.45) is 0.808. The number of hydrogen-bond acceptors (Lipinski definition) is 3. The molecule has 0 aliphatic carbocycles. The van der Waals surface area contributed by atoms with Crippen LogP contribution in [-0.4, -0.2) is 7.11 Å². The summed E-state index contributed by atoms with van der Waals surface area (Å²) in [5.41, 5.74) is 7.60. The van der Waals surface area contributed by atoms with Gasteiger partial charge < -0.3 is 4.74 Å². The van der Waals surface area contributed by atoms with Crippen LogP contribution < -0.4 is 16.0 Å². The highest BCUT2D eigenvalue weighted by Gasteiger charge is 2.17. The molecule has 3 nitrogen and oxygen atoms in total. The van der Waals surface area contributed by atoms with Crippen molar-refractivity contribution in [2.45, 2.75) is 26.3 Å². The Bertz CT molecular complexity index is 611. The summed E-state index contributed by atoms with van der Waals surface area (Å²) >= 11 is 3.45. The lowest BCUT2D eigenvalue weighted by molar-refractivity contribution is 0.395. The van der Waals surface area contributed by atoms with Crippen molar-refractivity contribution in [2.75, 3.05) is 7.11 Å². The number of nitrogens with one attached hydrogen (secondary N) is 1. The summed E-state index contributed by atoms with van der Waals surface area (Å²) in [6.45, 7) is 4.16. The fourth-order valence-corrected chi connectivity index (χ4v) is 2.74. The fraction of sp³-hybridized carbons (Fsp3) is 0.294. The molecule has 0 aromatic heterocycles. The quantitative estimate of drug-likeness (QED) is 0.637. The second-order valence-corrected chi connectivity index (χ2v) is 6.10. The molecule has 4 heteroatoms. The highest BCUT2D eigenvalue weighted by atomic mass is 79.9. The lowest BCUT2D eigenvalue weighted by Gasteiger charge is -2.21. The van der Waals surface area contributed by atoms with Crippen LogP contribution in [0.25, 0.3) is 0 Å². The lowest BCUT2D eigenvalue weighted by Crippen LogP contribution is -2.30. The summed E-state index contributed by atoms with van der Waals surface area (Å²) in [5.74, 6) is 6.69. The van der Waals surface area contributed by atoms with Crippen LogP contribution in [0.2, 0.25) is 0 Å². The zero-order valence-electron chi connectivity index (χ0n) is 12.6. The van der Waals surface area contributed by atoms with Crippen molar-refractivity contribution in [3.05, 3.63) is 63.1 Å². The van der Waals surface area contributed by atoms with E-state index < -0.39 is 0 Å². The summed E-state index contributed by atoms with van der Waals surface area (Å²) in [5, 5.41) is 0. The molecule has 0 bridgehead atoms. The van der Waals surface area contributed by atoms with Crippen molar-refractivity contribution in [1.82, 2.24) is 5.43 Å². The lowest BCUT2D eigenvalue weighted by atomic mass is 9.95. The molecule has 112 valence electrons. The Labute approximate surface area is 134 Å². The molecule has 2 rings (SSSR count). The van der Waals surface area contributed by atoms with E-state index >= 15 is 0 Å². The number of aryl methyl sites for hydroxylation is 1. The molecular weight excluding hydrogens is 328 g/mol. The van der Waals surface area contributed by atoms with E-state index in [4.69, 9.17) is 10.6 Å². The van der Waals surface area contributed by atoms with E-state index in [-0.39, 0.29) is 6.04 Å². The Balaban J connectivity index is 2.33. The van der Waals surface area contributed by atoms with E-state index in [1.54, 1.807) is 7.11 Å². The van der Waals surface area contributed by atoms with Gasteiger partial charge in [-0.3, -0.25) is 11.3 Å². The molecule has 0 heterocycles. The van der Waals surface area contributed by atoms with Gasteiger partial charge in [-0.15, -0.1) is 0 Å². The minimum atomic E-state index is 0.0143. The van der Waals surface area contributed by atoms with Gasteiger partial charge in [-0.05, 0) is 49.1 Å². The summed E-state index contributed by atoms with van der Waals surface area (Å²) in [6, 6.07) is 12.5. The molecule has 0 aliphatic rings. The average molecular weight is 349 g/mol. The fourth-order valence-electron chi connectivity index (χ4n) is 2.47. The zero-order valence-corrected chi connectivity index (χ0v) is 14.2. The molecule has 0 spiro atoms. The number of ether oxygens (including phenoxy) is 1. The molecule has 21 heavy (non-hydrogen) atoms. The second kappa shape index (κ2) is 7.07. The van der Waals surface area contributed by atoms with Crippen LogP contribution in [0.15, 0.2) is 40.9 Å². The van der Waals surface area contributed by atoms with Crippen molar-refractivity contribution in [3.63, 3.8) is 0 Å². The zero-order chi connectivity index (χ0) is 15.4. The predicted molar refractivity (Wildman–Crippen MR) is 90.4 cm³/mol. The molecule has 0 aliphatic heterocycles. The maximum Gasteiger partial charge on any atom is 0.126 e. The largest absolute Gasteiger partial charge is 0.496 e. The second-order valence-electron chi connectivity index (χ2n) is 5.18. The van der Waals surface area contributed by atoms with E-state index in [1.807, 2.05) is 12.1 Å². The molecule has 2 aromatic rings. The van der Waals surface area contributed by atoms with Gasteiger partial charge in [0.1, 0.15) is 5.75 Å². The van der Waals surface area contributed by atoms with Crippen LogP contribution in [0.5, 0.6) is 5.75 Å². The third-order valence-electron chi connectivity index (χ3n) is 3.84. The van der Waals surface area contributed by atoms with Crippen molar-refractivity contribution >= 4 is 15.9 Å². The van der Waals surface area contributed by atoms with E-state index in [2.05, 4.69) is 59.5 Å². The van der Waals surface area contributed by atoms with Crippen LogP contribution in [0, 0.1) is 13.8 Å². The number of benzene rings is 2.